The van der Waals surface area contributed by atoms with Gasteiger partial charge in [-0.15, -0.1) is 0 Å². The van der Waals surface area contributed by atoms with E-state index in [0.717, 1.165) is 0 Å². The van der Waals surface area contributed by atoms with Crippen LogP contribution in [0, 0.1) is 11.3 Å². The number of hydrogen-bond acceptors (Lipinski definition) is 3. The van der Waals surface area contributed by atoms with E-state index < -0.39 is 17.6 Å². The fraction of sp³-hybridized carbons (Fsp3) is 0.300. The molecule has 0 N–H and O–H groups in total. The summed E-state index contributed by atoms with van der Waals surface area (Å²) >= 11 is 0. The van der Waals surface area contributed by atoms with Crippen LogP contribution in [0.4, 0.5) is 8.78 Å². The largest absolute Gasteiger partial charge is 0.304 e. The maximum atomic E-state index is 12.7. The minimum atomic E-state index is -3.50. The molecule has 1 aromatic rings. The molecule has 1 unspecified atom stereocenters. The van der Waals surface area contributed by atoms with Crippen LogP contribution in [-0.4, -0.2) is 16.7 Å². The van der Waals surface area contributed by atoms with Gasteiger partial charge in [0, 0.05) is 19.3 Å². The summed E-state index contributed by atoms with van der Waals surface area (Å²) in [4.78, 5) is 14.9. The Morgan fingerprint density at radius 3 is 2.73 bits per heavy atom. The molecule has 0 bridgehead atoms. The maximum Gasteiger partial charge on any atom is 0.304 e. The van der Waals surface area contributed by atoms with Crippen LogP contribution in [0.5, 0.6) is 0 Å². The van der Waals surface area contributed by atoms with E-state index >= 15 is 0 Å². The highest BCUT2D eigenvalue weighted by molar-refractivity contribution is 5.93. The van der Waals surface area contributed by atoms with Crippen molar-refractivity contribution in [3.8, 4) is 6.07 Å². The number of Topliss-reactive ketones (excluding diaryl/α,β-unsaturated/α-hetero) is 1. The lowest BCUT2D eigenvalue weighted by molar-refractivity contribution is -0.140. The molecule has 1 atom stereocenters. The third-order valence-corrected chi connectivity index (χ3v) is 1.84. The summed E-state index contributed by atoms with van der Waals surface area (Å²) in [6.07, 6.45) is 2.67. The number of aromatic nitrogens is 1. The van der Waals surface area contributed by atoms with Crippen LogP contribution in [0.15, 0.2) is 24.5 Å². The number of nitriles is 1. The highest BCUT2D eigenvalue weighted by Crippen LogP contribution is 2.24. The van der Waals surface area contributed by atoms with Crippen molar-refractivity contribution < 1.29 is 13.6 Å². The van der Waals surface area contributed by atoms with Gasteiger partial charge < -0.3 is 0 Å². The SMILES string of the molecule is CC(F)(F)C(=O)C(C#N)c1cccnc1. The van der Waals surface area contributed by atoms with Crippen molar-refractivity contribution >= 4 is 5.78 Å². The van der Waals surface area contributed by atoms with Crippen molar-refractivity contribution in [1.82, 2.24) is 4.98 Å². The Labute approximate surface area is 85.4 Å². The molecule has 15 heavy (non-hydrogen) atoms. The summed E-state index contributed by atoms with van der Waals surface area (Å²) in [6, 6.07) is 4.46. The molecule has 0 fully saturated rings. The van der Waals surface area contributed by atoms with Gasteiger partial charge in [-0.25, -0.2) is 0 Å². The first-order valence-corrected chi connectivity index (χ1v) is 4.18. The third kappa shape index (κ3) is 2.56. The summed E-state index contributed by atoms with van der Waals surface area (Å²) in [5.41, 5.74) is 0.187. The zero-order valence-corrected chi connectivity index (χ0v) is 7.95. The fourth-order valence-corrected chi connectivity index (χ4v) is 1.08. The zero-order valence-electron chi connectivity index (χ0n) is 7.95. The second-order valence-corrected chi connectivity index (χ2v) is 3.10. The Hall–Kier alpha value is -1.83. The highest BCUT2D eigenvalue weighted by atomic mass is 19.3. The first kappa shape index (κ1) is 11.2. The molecule has 1 rings (SSSR count). The number of rotatable bonds is 3. The minimum Gasteiger partial charge on any atom is -0.291 e. The summed E-state index contributed by atoms with van der Waals surface area (Å²) < 4.78 is 25.4. The lowest BCUT2D eigenvalue weighted by Gasteiger charge is -2.13. The number of halogens is 2. The Morgan fingerprint density at radius 2 is 2.33 bits per heavy atom. The Balaban J connectivity index is 3.03. The van der Waals surface area contributed by atoms with E-state index in [1.807, 2.05) is 0 Å². The average molecular weight is 210 g/mol. The molecule has 5 heteroatoms. The number of carbonyl (C=O) groups excluding carboxylic acids is 1. The molecule has 0 aliphatic heterocycles. The van der Waals surface area contributed by atoms with Crippen molar-refractivity contribution in [3.63, 3.8) is 0 Å². The van der Waals surface area contributed by atoms with Crippen molar-refractivity contribution in [2.24, 2.45) is 0 Å². The quantitative estimate of drug-likeness (QED) is 0.765. The topological polar surface area (TPSA) is 53.8 Å². The zero-order chi connectivity index (χ0) is 11.5. The Kier molecular flexibility index (Phi) is 3.10. The highest BCUT2D eigenvalue weighted by Gasteiger charge is 2.39. The van der Waals surface area contributed by atoms with Gasteiger partial charge in [-0.2, -0.15) is 14.0 Å². The van der Waals surface area contributed by atoms with Gasteiger partial charge in [-0.1, -0.05) is 6.07 Å². The van der Waals surface area contributed by atoms with Crippen molar-refractivity contribution in [3.05, 3.63) is 30.1 Å². The van der Waals surface area contributed by atoms with Gasteiger partial charge in [0.2, 0.25) is 5.78 Å². The van der Waals surface area contributed by atoms with E-state index in [9.17, 15) is 13.6 Å². The lowest BCUT2D eigenvalue weighted by atomic mass is 9.94. The molecular weight excluding hydrogens is 202 g/mol. The normalized spacial score (nSPS) is 12.9. The Morgan fingerprint density at radius 1 is 1.67 bits per heavy atom. The van der Waals surface area contributed by atoms with E-state index in [1.165, 1.54) is 24.5 Å². The van der Waals surface area contributed by atoms with E-state index in [2.05, 4.69) is 4.98 Å². The van der Waals surface area contributed by atoms with Gasteiger partial charge >= 0.3 is 5.92 Å². The molecule has 78 valence electrons. The number of ketones is 1. The number of alkyl halides is 2. The number of nitrogens with zero attached hydrogens (tertiary/aromatic N) is 2. The molecule has 0 spiro atoms. The Bertz CT molecular complexity index is 392. The molecule has 0 radical (unpaired) electrons. The third-order valence-electron chi connectivity index (χ3n) is 1.84. The van der Waals surface area contributed by atoms with Crippen LogP contribution in [-0.2, 0) is 4.79 Å². The molecule has 0 aromatic carbocycles. The van der Waals surface area contributed by atoms with E-state index in [-0.39, 0.29) is 5.56 Å². The molecule has 3 nitrogen and oxygen atoms in total. The molecule has 0 saturated heterocycles. The van der Waals surface area contributed by atoms with Crippen molar-refractivity contribution in [2.75, 3.05) is 0 Å². The summed E-state index contributed by atoms with van der Waals surface area (Å²) in [6.45, 7) is 0.482. The molecule has 0 aliphatic rings. The minimum absolute atomic E-state index is 0.187. The van der Waals surface area contributed by atoms with Crippen LogP contribution in [0.2, 0.25) is 0 Å². The lowest BCUT2D eigenvalue weighted by Crippen LogP contribution is -2.29. The molecule has 1 heterocycles. The van der Waals surface area contributed by atoms with Gasteiger partial charge in [-0.05, 0) is 11.6 Å². The second kappa shape index (κ2) is 4.13. The predicted octanol–water partition coefficient (Wildman–Crippen LogP) is 1.91. The molecule has 0 amide bonds. The maximum absolute atomic E-state index is 12.7. The van der Waals surface area contributed by atoms with E-state index in [4.69, 9.17) is 5.26 Å². The van der Waals surface area contributed by atoms with Gasteiger partial charge in [-0.3, -0.25) is 9.78 Å². The summed E-state index contributed by atoms with van der Waals surface area (Å²) in [5.74, 6) is -6.37. The smallest absolute Gasteiger partial charge is 0.291 e. The van der Waals surface area contributed by atoms with Crippen LogP contribution >= 0.6 is 0 Å². The molecule has 0 saturated carbocycles. The summed E-state index contributed by atoms with van der Waals surface area (Å²) in [5, 5.41) is 8.68. The van der Waals surface area contributed by atoms with Crippen LogP contribution in [0.25, 0.3) is 0 Å². The average Bonchev–Trinajstić information content (AvgIpc) is 2.19. The van der Waals surface area contributed by atoms with Crippen molar-refractivity contribution in [1.29, 1.82) is 5.26 Å². The van der Waals surface area contributed by atoms with Crippen LogP contribution in [0.1, 0.15) is 18.4 Å². The standard InChI is InChI=1S/C10H8F2N2O/c1-10(11,12)9(15)8(5-13)7-3-2-4-14-6-7/h2-4,6,8H,1H3. The van der Waals surface area contributed by atoms with Gasteiger partial charge in [0.05, 0.1) is 6.07 Å². The first-order valence-electron chi connectivity index (χ1n) is 4.18. The molecule has 1 aromatic heterocycles. The number of hydrogen-bond donors (Lipinski definition) is 0. The number of pyridine rings is 1. The second-order valence-electron chi connectivity index (χ2n) is 3.10. The van der Waals surface area contributed by atoms with Gasteiger partial charge in [0.25, 0.3) is 0 Å². The molecular formula is C10H8F2N2O. The van der Waals surface area contributed by atoms with E-state index in [0.29, 0.717) is 6.92 Å². The van der Waals surface area contributed by atoms with Gasteiger partial charge in [0.15, 0.2) is 0 Å². The first-order chi connectivity index (χ1) is 6.96. The number of carbonyl (C=O) groups is 1. The molecule has 0 aliphatic carbocycles. The monoisotopic (exact) mass is 210 g/mol. The van der Waals surface area contributed by atoms with Crippen LogP contribution < -0.4 is 0 Å². The summed E-state index contributed by atoms with van der Waals surface area (Å²) in [7, 11) is 0. The fourth-order valence-electron chi connectivity index (χ4n) is 1.08. The van der Waals surface area contributed by atoms with Gasteiger partial charge in [0.1, 0.15) is 5.92 Å². The van der Waals surface area contributed by atoms with E-state index in [1.54, 1.807) is 6.07 Å². The van der Waals surface area contributed by atoms with Crippen molar-refractivity contribution in [2.45, 2.75) is 18.8 Å². The predicted molar refractivity (Wildman–Crippen MR) is 48.2 cm³/mol. The van der Waals surface area contributed by atoms with Crippen LogP contribution in [0.3, 0.4) is 0 Å².